The molecule has 0 aliphatic carbocycles. The Bertz CT molecular complexity index is 548. The summed E-state index contributed by atoms with van der Waals surface area (Å²) in [5.41, 5.74) is 0.880. The minimum absolute atomic E-state index is 0.169. The van der Waals surface area contributed by atoms with Crippen LogP contribution in [0.15, 0.2) is 24.3 Å². The van der Waals surface area contributed by atoms with Crippen LogP contribution in [0.4, 0.5) is 0 Å². The van der Waals surface area contributed by atoms with Gasteiger partial charge in [0.05, 0.1) is 17.2 Å². The second-order valence-electron chi connectivity index (χ2n) is 5.77. The lowest BCUT2D eigenvalue weighted by Gasteiger charge is -2.36. The molecule has 1 aromatic carbocycles. The fourth-order valence-corrected chi connectivity index (χ4v) is 5.68. The van der Waals surface area contributed by atoms with E-state index in [-0.39, 0.29) is 10.5 Å². The van der Waals surface area contributed by atoms with Crippen molar-refractivity contribution in [2.45, 2.75) is 48.2 Å². The highest BCUT2D eigenvalue weighted by atomic mass is 32.2. The van der Waals surface area contributed by atoms with Gasteiger partial charge in [0.15, 0.2) is 0 Å². The van der Waals surface area contributed by atoms with Crippen molar-refractivity contribution < 1.29 is 9.32 Å². The molecule has 2 aliphatic heterocycles. The minimum atomic E-state index is -0.742. The van der Waals surface area contributed by atoms with Gasteiger partial charge in [0.2, 0.25) is 0 Å². The predicted octanol–water partition coefficient (Wildman–Crippen LogP) is 1.91. The maximum absolute atomic E-state index is 12.0. The van der Waals surface area contributed by atoms with Crippen molar-refractivity contribution in [3.05, 3.63) is 35.4 Å². The van der Waals surface area contributed by atoms with Crippen molar-refractivity contribution in [3.63, 3.8) is 0 Å². The third kappa shape index (κ3) is 2.45. The molecule has 2 aliphatic rings. The van der Waals surface area contributed by atoms with E-state index in [1.54, 1.807) is 6.07 Å². The zero-order valence-corrected chi connectivity index (χ0v) is 11.5. The highest BCUT2D eigenvalue weighted by Crippen LogP contribution is 2.42. The van der Waals surface area contributed by atoms with Crippen LogP contribution in [-0.2, 0) is 17.2 Å². The van der Waals surface area contributed by atoms with E-state index in [1.807, 2.05) is 18.2 Å². The summed E-state index contributed by atoms with van der Waals surface area (Å²) < 4.78 is 12.0. The van der Waals surface area contributed by atoms with E-state index in [1.165, 1.54) is 0 Å². The van der Waals surface area contributed by atoms with E-state index in [0.29, 0.717) is 24.8 Å². The summed E-state index contributed by atoms with van der Waals surface area (Å²) in [6.07, 6.45) is 3.79. The number of nitriles is 1. The van der Waals surface area contributed by atoms with Crippen LogP contribution in [0.3, 0.4) is 0 Å². The summed E-state index contributed by atoms with van der Waals surface area (Å²) in [4.78, 5) is 0. The van der Waals surface area contributed by atoms with Crippen molar-refractivity contribution >= 4 is 10.8 Å². The van der Waals surface area contributed by atoms with Gasteiger partial charge in [-0.05, 0) is 43.4 Å². The number of rotatable bonds is 2. The molecule has 2 fully saturated rings. The highest BCUT2D eigenvalue weighted by molar-refractivity contribution is 7.86. The normalized spacial score (nSPS) is 36.9. The molecule has 100 valence electrons. The molecule has 3 rings (SSSR count). The SMILES string of the molecule is N#Cc1cccc(CC2(O)CC3CCC(C2)S3=O)c1. The Morgan fingerprint density at radius 3 is 2.68 bits per heavy atom. The van der Waals surface area contributed by atoms with Crippen LogP contribution in [-0.4, -0.2) is 25.4 Å². The molecule has 19 heavy (non-hydrogen) atoms. The number of hydrogen-bond donors (Lipinski definition) is 1. The molecular weight excluding hydrogens is 258 g/mol. The van der Waals surface area contributed by atoms with Crippen LogP contribution in [0.1, 0.15) is 36.8 Å². The van der Waals surface area contributed by atoms with Crippen LogP contribution < -0.4 is 0 Å². The third-order valence-electron chi connectivity index (χ3n) is 4.27. The quantitative estimate of drug-likeness (QED) is 0.896. The molecule has 1 N–H and O–H groups in total. The molecule has 4 heteroatoms. The summed E-state index contributed by atoms with van der Waals surface area (Å²) in [5.74, 6) is 0. The Balaban J connectivity index is 1.79. The molecule has 0 saturated carbocycles. The van der Waals surface area contributed by atoms with Crippen molar-refractivity contribution in [1.29, 1.82) is 5.26 Å². The second-order valence-corrected chi connectivity index (χ2v) is 7.76. The van der Waals surface area contributed by atoms with Crippen LogP contribution in [0, 0.1) is 11.3 Å². The Kier molecular flexibility index (Phi) is 3.20. The molecule has 0 amide bonds. The Hall–Kier alpha value is -1.18. The zero-order valence-electron chi connectivity index (χ0n) is 10.7. The molecule has 1 aromatic rings. The Morgan fingerprint density at radius 1 is 1.37 bits per heavy atom. The molecule has 3 nitrogen and oxygen atoms in total. The van der Waals surface area contributed by atoms with Gasteiger partial charge in [-0.15, -0.1) is 0 Å². The second kappa shape index (κ2) is 4.73. The Morgan fingerprint density at radius 2 is 2.05 bits per heavy atom. The van der Waals surface area contributed by atoms with E-state index >= 15 is 0 Å². The van der Waals surface area contributed by atoms with Gasteiger partial charge in [0.25, 0.3) is 0 Å². The fourth-order valence-electron chi connectivity index (χ4n) is 3.45. The molecule has 2 unspecified atom stereocenters. The summed E-state index contributed by atoms with van der Waals surface area (Å²) >= 11 is 0. The molecule has 0 aromatic heterocycles. The average molecular weight is 275 g/mol. The smallest absolute Gasteiger partial charge is 0.0991 e. The summed E-state index contributed by atoms with van der Waals surface area (Å²) in [6, 6.07) is 9.54. The first-order chi connectivity index (χ1) is 9.09. The molecular formula is C15H17NO2S. The van der Waals surface area contributed by atoms with E-state index < -0.39 is 16.4 Å². The third-order valence-corrected chi connectivity index (χ3v) is 6.39. The first kappa shape index (κ1) is 12.8. The minimum Gasteiger partial charge on any atom is -0.389 e. The van der Waals surface area contributed by atoms with Gasteiger partial charge < -0.3 is 5.11 Å². The van der Waals surface area contributed by atoms with Gasteiger partial charge in [-0.3, -0.25) is 4.21 Å². The molecule has 2 heterocycles. The number of fused-ring (bicyclic) bond motifs is 2. The Labute approximate surface area is 115 Å². The van der Waals surface area contributed by atoms with Crippen molar-refractivity contribution in [2.75, 3.05) is 0 Å². The van der Waals surface area contributed by atoms with Crippen LogP contribution in [0.2, 0.25) is 0 Å². The van der Waals surface area contributed by atoms with Crippen molar-refractivity contribution in [3.8, 4) is 6.07 Å². The summed E-state index contributed by atoms with van der Waals surface area (Å²) in [5, 5.41) is 20.0. The van der Waals surface area contributed by atoms with Crippen molar-refractivity contribution in [1.82, 2.24) is 0 Å². The molecule has 2 atom stereocenters. The largest absolute Gasteiger partial charge is 0.389 e. The van der Waals surface area contributed by atoms with Gasteiger partial charge in [0.1, 0.15) is 0 Å². The van der Waals surface area contributed by atoms with Gasteiger partial charge in [-0.2, -0.15) is 5.26 Å². The van der Waals surface area contributed by atoms with Gasteiger partial charge >= 0.3 is 0 Å². The molecule has 0 radical (unpaired) electrons. The number of aliphatic hydroxyl groups is 1. The van der Waals surface area contributed by atoms with Crippen LogP contribution in [0.5, 0.6) is 0 Å². The maximum Gasteiger partial charge on any atom is 0.0991 e. The predicted molar refractivity (Wildman–Crippen MR) is 74.0 cm³/mol. The monoisotopic (exact) mass is 275 g/mol. The number of hydrogen-bond acceptors (Lipinski definition) is 3. The van der Waals surface area contributed by atoms with Crippen LogP contribution in [0.25, 0.3) is 0 Å². The first-order valence-electron chi connectivity index (χ1n) is 6.70. The average Bonchev–Trinajstić information content (AvgIpc) is 2.62. The number of nitrogens with zero attached hydrogens (tertiary/aromatic N) is 1. The lowest BCUT2D eigenvalue weighted by Crippen LogP contribution is -2.44. The van der Waals surface area contributed by atoms with E-state index in [2.05, 4.69) is 6.07 Å². The van der Waals surface area contributed by atoms with Crippen LogP contribution >= 0.6 is 0 Å². The molecule has 0 spiro atoms. The first-order valence-corrected chi connectivity index (χ1v) is 7.98. The number of benzene rings is 1. The summed E-state index contributed by atoms with van der Waals surface area (Å²) in [7, 11) is -0.742. The standard InChI is InChI=1S/C15H17NO2S/c16-10-12-3-1-2-11(6-12)7-15(17)8-13-4-5-14(9-15)19(13)18/h1-3,6,13-14,17H,4-5,7-9H2. The highest BCUT2D eigenvalue weighted by Gasteiger charge is 2.47. The summed E-state index contributed by atoms with van der Waals surface area (Å²) in [6.45, 7) is 0. The topological polar surface area (TPSA) is 61.1 Å². The molecule has 2 saturated heterocycles. The van der Waals surface area contributed by atoms with E-state index in [4.69, 9.17) is 5.26 Å². The maximum atomic E-state index is 12.0. The van der Waals surface area contributed by atoms with Crippen molar-refractivity contribution in [2.24, 2.45) is 0 Å². The van der Waals surface area contributed by atoms with E-state index in [0.717, 1.165) is 18.4 Å². The lowest BCUT2D eigenvalue weighted by molar-refractivity contribution is 0.0230. The van der Waals surface area contributed by atoms with E-state index in [9.17, 15) is 9.32 Å². The van der Waals surface area contributed by atoms with Gasteiger partial charge in [-0.25, -0.2) is 0 Å². The molecule has 2 bridgehead atoms. The zero-order chi connectivity index (χ0) is 13.5. The lowest BCUT2D eigenvalue weighted by atomic mass is 9.86. The van der Waals surface area contributed by atoms with Gasteiger partial charge in [0, 0.05) is 27.7 Å². The van der Waals surface area contributed by atoms with Gasteiger partial charge in [-0.1, -0.05) is 12.1 Å². The fraction of sp³-hybridized carbons (Fsp3) is 0.533.